The standard InChI is InChI=1S/C20H20ClF3N2O5S/c1-13-10-15(32(28,29)26-6-8-30-9-7-26)3-5-18(13)31-12-19(27)25-17-4-2-14(21)11-16(17)20(22,23)24/h2-5,10-11H,6-9,12H2,1H3,(H,25,27). The van der Waals surface area contributed by atoms with Gasteiger partial charge in [0.1, 0.15) is 5.75 Å². The second kappa shape index (κ2) is 9.65. The predicted molar refractivity (Wildman–Crippen MR) is 111 cm³/mol. The number of alkyl halides is 3. The van der Waals surface area contributed by atoms with Crippen molar-refractivity contribution in [3.8, 4) is 5.75 Å². The lowest BCUT2D eigenvalue weighted by Crippen LogP contribution is -2.40. The third-order valence-corrected chi connectivity index (χ3v) is 6.80. The Labute approximate surface area is 188 Å². The van der Waals surface area contributed by atoms with Gasteiger partial charge in [-0.1, -0.05) is 11.6 Å². The van der Waals surface area contributed by atoms with E-state index in [0.717, 1.165) is 12.1 Å². The smallest absolute Gasteiger partial charge is 0.418 e. The summed E-state index contributed by atoms with van der Waals surface area (Å²) in [5.41, 5.74) is -1.07. The fraction of sp³-hybridized carbons (Fsp3) is 0.350. The maximum atomic E-state index is 13.2. The molecule has 0 bridgehead atoms. The summed E-state index contributed by atoms with van der Waals surface area (Å²) < 4.78 is 76.8. The van der Waals surface area contributed by atoms with Gasteiger partial charge in [-0.2, -0.15) is 17.5 Å². The van der Waals surface area contributed by atoms with Gasteiger partial charge < -0.3 is 14.8 Å². The summed E-state index contributed by atoms with van der Waals surface area (Å²) in [7, 11) is -3.69. The molecule has 1 aliphatic heterocycles. The van der Waals surface area contributed by atoms with Crippen LogP contribution in [0, 0.1) is 6.92 Å². The number of anilines is 1. The van der Waals surface area contributed by atoms with Crippen molar-refractivity contribution in [2.45, 2.75) is 18.0 Å². The van der Waals surface area contributed by atoms with Crippen LogP contribution in [0.15, 0.2) is 41.3 Å². The van der Waals surface area contributed by atoms with Gasteiger partial charge in [0.05, 0.1) is 29.4 Å². The molecule has 7 nitrogen and oxygen atoms in total. The molecule has 0 atom stereocenters. The number of ether oxygens (including phenoxy) is 2. The van der Waals surface area contributed by atoms with E-state index in [1.807, 2.05) is 0 Å². The van der Waals surface area contributed by atoms with Crippen LogP contribution in [0.5, 0.6) is 5.75 Å². The molecular formula is C20H20ClF3N2O5S. The fourth-order valence-electron chi connectivity index (χ4n) is 3.07. The van der Waals surface area contributed by atoms with Crippen LogP contribution in [0.1, 0.15) is 11.1 Å². The van der Waals surface area contributed by atoms with Crippen molar-refractivity contribution in [3.05, 3.63) is 52.5 Å². The summed E-state index contributed by atoms with van der Waals surface area (Å²) >= 11 is 5.62. The molecule has 0 unspecified atom stereocenters. The summed E-state index contributed by atoms with van der Waals surface area (Å²) in [5.74, 6) is -0.588. The van der Waals surface area contributed by atoms with Gasteiger partial charge in [0.15, 0.2) is 6.61 Å². The van der Waals surface area contributed by atoms with Crippen molar-refractivity contribution in [1.29, 1.82) is 0 Å². The molecule has 2 aromatic carbocycles. The van der Waals surface area contributed by atoms with Gasteiger partial charge in [-0.05, 0) is 48.9 Å². The SMILES string of the molecule is Cc1cc(S(=O)(=O)N2CCOCC2)ccc1OCC(=O)Nc1ccc(Cl)cc1C(F)(F)F. The Hall–Kier alpha value is -2.34. The number of nitrogens with zero attached hydrogens (tertiary/aromatic N) is 1. The van der Waals surface area contributed by atoms with Gasteiger partial charge in [0.2, 0.25) is 10.0 Å². The lowest BCUT2D eigenvalue weighted by Gasteiger charge is -2.26. The Bertz CT molecular complexity index is 1100. The molecule has 1 fully saturated rings. The van der Waals surface area contributed by atoms with Gasteiger partial charge in [-0.3, -0.25) is 4.79 Å². The maximum absolute atomic E-state index is 13.2. The number of carbonyl (C=O) groups is 1. The third kappa shape index (κ3) is 5.71. The van der Waals surface area contributed by atoms with Crippen molar-refractivity contribution in [2.75, 3.05) is 38.2 Å². The van der Waals surface area contributed by atoms with E-state index in [0.29, 0.717) is 18.8 Å². The number of amides is 1. The van der Waals surface area contributed by atoms with Gasteiger partial charge in [-0.15, -0.1) is 0 Å². The first-order valence-corrected chi connectivity index (χ1v) is 11.3. The molecule has 1 saturated heterocycles. The van der Waals surface area contributed by atoms with Gasteiger partial charge in [-0.25, -0.2) is 8.42 Å². The summed E-state index contributed by atoms with van der Waals surface area (Å²) in [4.78, 5) is 12.2. The van der Waals surface area contributed by atoms with Crippen LogP contribution in [-0.4, -0.2) is 51.5 Å². The molecule has 32 heavy (non-hydrogen) atoms. The number of nitrogens with one attached hydrogen (secondary N) is 1. The minimum atomic E-state index is -4.70. The van der Waals surface area contributed by atoms with Crippen LogP contribution in [-0.2, 0) is 25.7 Å². The summed E-state index contributed by atoms with van der Waals surface area (Å²) in [6, 6.07) is 7.17. The molecule has 0 aromatic heterocycles. The molecule has 0 spiro atoms. The van der Waals surface area contributed by atoms with Crippen LogP contribution >= 0.6 is 11.6 Å². The summed E-state index contributed by atoms with van der Waals surface area (Å²) in [5, 5.41) is 2.04. The zero-order valence-electron chi connectivity index (χ0n) is 16.9. The first-order chi connectivity index (χ1) is 15.0. The molecule has 3 rings (SSSR count). The minimum Gasteiger partial charge on any atom is -0.483 e. The Morgan fingerprint density at radius 2 is 1.88 bits per heavy atom. The Balaban J connectivity index is 1.67. The van der Waals surface area contributed by atoms with Crippen molar-refractivity contribution in [3.63, 3.8) is 0 Å². The second-order valence-corrected chi connectivity index (χ2v) is 9.34. The average Bonchev–Trinajstić information content (AvgIpc) is 2.74. The monoisotopic (exact) mass is 492 g/mol. The molecule has 0 aliphatic carbocycles. The number of hydrogen-bond acceptors (Lipinski definition) is 5. The van der Waals surface area contributed by atoms with Crippen LogP contribution in [0.4, 0.5) is 18.9 Å². The highest BCUT2D eigenvalue weighted by Crippen LogP contribution is 2.36. The zero-order chi connectivity index (χ0) is 23.5. The van der Waals surface area contributed by atoms with E-state index in [1.165, 1.54) is 28.6 Å². The third-order valence-electron chi connectivity index (χ3n) is 4.67. The number of halogens is 4. The Kier molecular flexibility index (Phi) is 7.33. The van der Waals surface area contributed by atoms with Crippen LogP contribution in [0.25, 0.3) is 0 Å². The van der Waals surface area contributed by atoms with Crippen LogP contribution < -0.4 is 10.1 Å². The van der Waals surface area contributed by atoms with E-state index in [-0.39, 0.29) is 28.8 Å². The topological polar surface area (TPSA) is 84.9 Å². The predicted octanol–water partition coefficient (Wildman–Crippen LogP) is 3.71. The van der Waals surface area contributed by atoms with Crippen molar-refractivity contribution < 1.29 is 35.9 Å². The van der Waals surface area contributed by atoms with Gasteiger partial charge in [0, 0.05) is 18.1 Å². The fourth-order valence-corrected chi connectivity index (χ4v) is 4.74. The van der Waals surface area contributed by atoms with Crippen LogP contribution in [0.2, 0.25) is 5.02 Å². The van der Waals surface area contributed by atoms with E-state index in [1.54, 1.807) is 6.92 Å². The van der Waals surface area contributed by atoms with Crippen molar-refractivity contribution >= 4 is 33.2 Å². The van der Waals surface area contributed by atoms with E-state index < -0.39 is 40.0 Å². The molecule has 1 amide bonds. The minimum absolute atomic E-state index is 0.0738. The summed E-state index contributed by atoms with van der Waals surface area (Å²) in [6.45, 7) is 2.17. The number of morpholine rings is 1. The number of rotatable bonds is 6. The zero-order valence-corrected chi connectivity index (χ0v) is 18.5. The van der Waals surface area contributed by atoms with Crippen LogP contribution in [0.3, 0.4) is 0 Å². The van der Waals surface area contributed by atoms with Gasteiger partial charge >= 0.3 is 6.18 Å². The highest BCUT2D eigenvalue weighted by molar-refractivity contribution is 7.89. The van der Waals surface area contributed by atoms with E-state index in [9.17, 15) is 26.4 Å². The van der Waals surface area contributed by atoms with E-state index >= 15 is 0 Å². The maximum Gasteiger partial charge on any atom is 0.418 e. The second-order valence-electron chi connectivity index (χ2n) is 6.97. The van der Waals surface area contributed by atoms with E-state index in [2.05, 4.69) is 5.32 Å². The van der Waals surface area contributed by atoms with Crippen molar-refractivity contribution in [2.24, 2.45) is 0 Å². The van der Waals surface area contributed by atoms with E-state index in [4.69, 9.17) is 21.1 Å². The molecule has 1 aliphatic rings. The molecule has 2 aromatic rings. The summed E-state index contributed by atoms with van der Waals surface area (Å²) in [6.07, 6.45) is -4.70. The first-order valence-electron chi connectivity index (χ1n) is 9.46. The number of hydrogen-bond donors (Lipinski definition) is 1. The van der Waals surface area contributed by atoms with Gasteiger partial charge in [0.25, 0.3) is 5.91 Å². The molecule has 0 radical (unpaired) electrons. The number of carbonyl (C=O) groups excluding carboxylic acids is 1. The highest BCUT2D eigenvalue weighted by atomic mass is 35.5. The number of benzene rings is 2. The molecule has 0 saturated carbocycles. The quantitative estimate of drug-likeness (QED) is 0.664. The average molecular weight is 493 g/mol. The Morgan fingerprint density at radius 3 is 2.50 bits per heavy atom. The molecular weight excluding hydrogens is 473 g/mol. The normalized spacial score (nSPS) is 15.4. The highest BCUT2D eigenvalue weighted by Gasteiger charge is 2.34. The lowest BCUT2D eigenvalue weighted by atomic mass is 10.1. The first kappa shape index (κ1) is 24.3. The number of aryl methyl sites for hydroxylation is 1. The molecule has 1 heterocycles. The Morgan fingerprint density at radius 1 is 1.19 bits per heavy atom. The number of sulfonamides is 1. The largest absolute Gasteiger partial charge is 0.483 e. The van der Waals surface area contributed by atoms with Crippen molar-refractivity contribution in [1.82, 2.24) is 4.31 Å². The molecule has 174 valence electrons. The molecule has 1 N–H and O–H groups in total. The lowest BCUT2D eigenvalue weighted by molar-refractivity contribution is -0.137. The molecule has 12 heteroatoms.